The maximum Gasteiger partial charge on any atom is 0.186 e. The Hall–Kier alpha value is -4.14. The van der Waals surface area contributed by atoms with E-state index in [0.717, 1.165) is 27.8 Å². The highest BCUT2D eigenvalue weighted by Gasteiger charge is 2.48. The van der Waals surface area contributed by atoms with Crippen molar-refractivity contribution in [2.75, 3.05) is 13.7 Å². The third kappa shape index (κ3) is 7.13. The minimum atomic E-state index is -1.07. The van der Waals surface area contributed by atoms with Crippen LogP contribution in [-0.4, -0.2) is 49.5 Å². The lowest BCUT2D eigenvalue weighted by Gasteiger charge is -2.45. The van der Waals surface area contributed by atoms with E-state index in [1.807, 2.05) is 115 Å². The molecule has 6 rings (SSSR count). The highest BCUT2D eigenvalue weighted by molar-refractivity contribution is 5.47. The molecule has 0 saturated carbocycles. The Morgan fingerprint density at radius 2 is 0.957 bits per heavy atom. The molecule has 0 spiro atoms. The summed E-state index contributed by atoms with van der Waals surface area (Å²) in [7, 11) is 1.58. The van der Waals surface area contributed by atoms with E-state index in [0.29, 0.717) is 13.2 Å². The fourth-order valence-corrected chi connectivity index (χ4v) is 6.09. The molecule has 1 aliphatic rings. The van der Waals surface area contributed by atoms with Gasteiger partial charge in [-0.3, -0.25) is 0 Å². The van der Waals surface area contributed by atoms with Crippen molar-refractivity contribution in [3.63, 3.8) is 0 Å². The second-order valence-electron chi connectivity index (χ2n) is 11.4. The van der Waals surface area contributed by atoms with E-state index in [1.165, 1.54) is 0 Å². The third-order valence-electron chi connectivity index (χ3n) is 8.43. The molecule has 0 amide bonds. The van der Waals surface area contributed by atoms with Gasteiger partial charge in [-0.15, -0.1) is 0 Å². The smallest absolute Gasteiger partial charge is 0.186 e. The molecule has 0 bridgehead atoms. The molecule has 0 aromatic heterocycles. The van der Waals surface area contributed by atoms with Crippen molar-refractivity contribution in [1.29, 1.82) is 0 Å². The van der Waals surface area contributed by atoms with Crippen molar-refractivity contribution in [1.82, 2.24) is 0 Å². The van der Waals surface area contributed by atoms with Crippen LogP contribution in [0.3, 0.4) is 0 Å². The lowest BCUT2D eigenvalue weighted by atomic mass is 9.80. The second kappa shape index (κ2) is 15.4. The monoisotopic (exact) mass is 616 g/mol. The molecule has 1 N–H and O–H groups in total. The molecule has 0 aliphatic carbocycles. The van der Waals surface area contributed by atoms with Crippen molar-refractivity contribution < 1.29 is 28.8 Å². The summed E-state index contributed by atoms with van der Waals surface area (Å²) in [6, 6.07) is 50.2. The molecule has 236 valence electrons. The van der Waals surface area contributed by atoms with E-state index in [1.54, 1.807) is 7.11 Å². The fraction of sp³-hybridized carbons (Fsp3) is 0.250. The zero-order valence-corrected chi connectivity index (χ0v) is 25.9. The molecule has 5 aromatic carbocycles. The SMILES string of the molecule is CO[C@H]1O[C@H](COC(c2ccccc2)(c2ccccc2)c2ccccc2)[C@@H](O)[C@H](OCc2ccccc2)[C@H]1OCc1ccccc1. The van der Waals surface area contributed by atoms with Gasteiger partial charge >= 0.3 is 0 Å². The molecule has 1 saturated heterocycles. The molecular weight excluding hydrogens is 576 g/mol. The Morgan fingerprint density at radius 1 is 0.565 bits per heavy atom. The summed E-state index contributed by atoms with van der Waals surface area (Å²) in [4.78, 5) is 0. The first-order valence-electron chi connectivity index (χ1n) is 15.7. The lowest BCUT2D eigenvalue weighted by Crippen LogP contribution is -2.61. The van der Waals surface area contributed by atoms with Crippen LogP contribution in [-0.2, 0) is 42.5 Å². The molecule has 5 aromatic rings. The van der Waals surface area contributed by atoms with Crippen LogP contribution < -0.4 is 0 Å². The maximum absolute atomic E-state index is 11.9. The standard InChI is InChI=1S/C40H40O6/c1-42-39-38(44-28-31-19-9-3-10-20-31)37(43-27-30-17-7-2-8-18-30)36(41)35(46-39)29-45-40(32-21-11-4-12-22-32,33-23-13-5-14-24-33)34-25-15-6-16-26-34/h2-26,35-39,41H,27-29H2,1H3/t35-,36-,37+,38-,39+/m1/s1. The maximum atomic E-state index is 11.9. The summed E-state index contributed by atoms with van der Waals surface area (Å²) >= 11 is 0. The molecule has 1 heterocycles. The van der Waals surface area contributed by atoms with Gasteiger partial charge in [0.25, 0.3) is 0 Å². The van der Waals surface area contributed by atoms with E-state index in [-0.39, 0.29) is 6.61 Å². The predicted molar refractivity (Wildman–Crippen MR) is 177 cm³/mol. The van der Waals surface area contributed by atoms with Crippen LogP contribution in [0.25, 0.3) is 0 Å². The summed E-state index contributed by atoms with van der Waals surface area (Å²) in [5, 5.41) is 11.9. The van der Waals surface area contributed by atoms with Crippen LogP contribution in [0.2, 0.25) is 0 Å². The van der Waals surface area contributed by atoms with Crippen molar-refractivity contribution in [3.05, 3.63) is 179 Å². The number of aliphatic hydroxyl groups is 1. The summed E-state index contributed by atoms with van der Waals surface area (Å²) < 4.78 is 32.1. The quantitative estimate of drug-likeness (QED) is 0.145. The summed E-state index contributed by atoms with van der Waals surface area (Å²) in [5.74, 6) is 0. The molecule has 1 aliphatic heterocycles. The van der Waals surface area contributed by atoms with E-state index in [2.05, 4.69) is 36.4 Å². The van der Waals surface area contributed by atoms with Gasteiger partial charge in [-0.25, -0.2) is 0 Å². The van der Waals surface area contributed by atoms with Gasteiger partial charge in [-0.05, 0) is 27.8 Å². The van der Waals surface area contributed by atoms with Gasteiger partial charge < -0.3 is 28.8 Å². The van der Waals surface area contributed by atoms with E-state index < -0.39 is 36.3 Å². The molecule has 5 atom stereocenters. The number of methoxy groups -OCH3 is 1. The average Bonchev–Trinajstić information content (AvgIpc) is 3.13. The summed E-state index contributed by atoms with van der Waals surface area (Å²) in [5.41, 5.74) is 3.89. The average molecular weight is 617 g/mol. The zero-order valence-electron chi connectivity index (χ0n) is 25.9. The second-order valence-corrected chi connectivity index (χ2v) is 11.4. The summed E-state index contributed by atoms with van der Waals surface area (Å²) in [6.45, 7) is 0.656. The van der Waals surface area contributed by atoms with Gasteiger partial charge in [0.2, 0.25) is 0 Å². The highest BCUT2D eigenvalue weighted by atomic mass is 16.7. The molecule has 0 radical (unpaired) electrons. The van der Waals surface area contributed by atoms with Gasteiger partial charge in [0.15, 0.2) is 6.29 Å². The largest absolute Gasteiger partial charge is 0.387 e. The van der Waals surface area contributed by atoms with Crippen LogP contribution >= 0.6 is 0 Å². The molecular formula is C40H40O6. The normalized spacial score (nSPS) is 21.6. The van der Waals surface area contributed by atoms with Gasteiger partial charge in [0, 0.05) is 7.11 Å². The number of hydrogen-bond acceptors (Lipinski definition) is 6. The Bertz CT molecular complexity index is 1490. The van der Waals surface area contributed by atoms with Crippen LogP contribution in [0.5, 0.6) is 0 Å². The highest BCUT2D eigenvalue weighted by Crippen LogP contribution is 2.41. The summed E-state index contributed by atoms with van der Waals surface area (Å²) in [6.07, 6.45) is -4.10. The Labute approximate surface area is 271 Å². The third-order valence-corrected chi connectivity index (χ3v) is 8.43. The van der Waals surface area contributed by atoms with Gasteiger partial charge in [0.1, 0.15) is 30.0 Å². The molecule has 46 heavy (non-hydrogen) atoms. The predicted octanol–water partition coefficient (Wildman–Crippen LogP) is 6.90. The number of hydrogen-bond donors (Lipinski definition) is 1. The van der Waals surface area contributed by atoms with Crippen molar-refractivity contribution in [2.24, 2.45) is 0 Å². The van der Waals surface area contributed by atoms with Crippen LogP contribution in [0, 0.1) is 0 Å². The minimum absolute atomic E-state index is 0.0519. The Kier molecular flexibility index (Phi) is 10.7. The van der Waals surface area contributed by atoms with Crippen LogP contribution in [0.4, 0.5) is 0 Å². The van der Waals surface area contributed by atoms with Crippen molar-refractivity contribution >= 4 is 0 Å². The Balaban J connectivity index is 1.31. The number of benzene rings is 5. The van der Waals surface area contributed by atoms with E-state index >= 15 is 0 Å². The van der Waals surface area contributed by atoms with Crippen molar-refractivity contribution in [2.45, 2.75) is 49.5 Å². The topological polar surface area (TPSA) is 66.4 Å². The first-order valence-corrected chi connectivity index (χ1v) is 15.7. The molecule has 1 fully saturated rings. The minimum Gasteiger partial charge on any atom is -0.387 e. The van der Waals surface area contributed by atoms with Gasteiger partial charge in [-0.2, -0.15) is 0 Å². The van der Waals surface area contributed by atoms with Crippen LogP contribution in [0.15, 0.2) is 152 Å². The van der Waals surface area contributed by atoms with Gasteiger partial charge in [0.05, 0.1) is 19.8 Å². The number of rotatable bonds is 13. The molecule has 0 unspecified atom stereocenters. The van der Waals surface area contributed by atoms with E-state index in [9.17, 15) is 5.11 Å². The van der Waals surface area contributed by atoms with Crippen molar-refractivity contribution in [3.8, 4) is 0 Å². The number of aliphatic hydroxyl groups excluding tert-OH is 1. The number of ether oxygens (including phenoxy) is 5. The van der Waals surface area contributed by atoms with Gasteiger partial charge in [-0.1, -0.05) is 152 Å². The fourth-order valence-electron chi connectivity index (χ4n) is 6.09. The van der Waals surface area contributed by atoms with Crippen LogP contribution in [0.1, 0.15) is 27.8 Å². The first kappa shape index (κ1) is 31.8. The lowest BCUT2D eigenvalue weighted by molar-refractivity contribution is -0.317. The van der Waals surface area contributed by atoms with E-state index in [4.69, 9.17) is 23.7 Å². The first-order chi connectivity index (χ1) is 22.7. The molecule has 6 heteroatoms. The Morgan fingerprint density at radius 3 is 1.37 bits per heavy atom. The zero-order chi connectivity index (χ0) is 31.6. The molecule has 6 nitrogen and oxygen atoms in total.